The number of hydrogen-bond acceptors (Lipinski definition) is 3. The number of carbonyl (C=O) groups excluding carboxylic acids is 2. The predicted octanol–water partition coefficient (Wildman–Crippen LogP) is 1.55. The second-order valence-corrected chi connectivity index (χ2v) is 3.20. The highest BCUT2D eigenvalue weighted by molar-refractivity contribution is 6.07. The average Bonchev–Trinajstić information content (AvgIpc) is 2.16. The van der Waals surface area contributed by atoms with Crippen molar-refractivity contribution in [2.75, 3.05) is 0 Å². The van der Waals surface area contributed by atoms with Crippen LogP contribution in [0.5, 0.6) is 0 Å². The molecule has 0 spiro atoms. The van der Waals surface area contributed by atoms with Crippen molar-refractivity contribution >= 4 is 11.6 Å². The van der Waals surface area contributed by atoms with Gasteiger partial charge in [0.15, 0.2) is 11.6 Å². The Balaban J connectivity index is 3.31. The summed E-state index contributed by atoms with van der Waals surface area (Å²) in [6, 6.07) is 5.10. The van der Waals surface area contributed by atoms with Crippen molar-refractivity contribution in [2.24, 2.45) is 5.73 Å². The molecule has 1 rings (SSSR count). The smallest absolute Gasteiger partial charge is 0.160 e. The fourth-order valence-corrected chi connectivity index (χ4v) is 1.32. The van der Waals surface area contributed by atoms with E-state index in [2.05, 4.69) is 0 Å². The monoisotopic (exact) mass is 191 g/mol. The third-order valence-electron chi connectivity index (χ3n) is 2.08. The van der Waals surface area contributed by atoms with Gasteiger partial charge in [-0.3, -0.25) is 9.59 Å². The molecule has 0 amide bonds. The summed E-state index contributed by atoms with van der Waals surface area (Å²) in [5, 5.41) is 0. The Hall–Kier alpha value is -1.48. The first-order valence-corrected chi connectivity index (χ1v) is 4.41. The molecule has 14 heavy (non-hydrogen) atoms. The number of hydrogen-bond donors (Lipinski definition) is 1. The largest absolute Gasteiger partial charge is 0.326 e. The summed E-state index contributed by atoms with van der Waals surface area (Å²) >= 11 is 0. The summed E-state index contributed by atoms with van der Waals surface area (Å²) < 4.78 is 0. The summed E-state index contributed by atoms with van der Waals surface area (Å²) in [7, 11) is 0. The fourth-order valence-electron chi connectivity index (χ4n) is 1.32. The lowest BCUT2D eigenvalue weighted by atomic mass is 9.99. The van der Waals surface area contributed by atoms with Crippen LogP contribution in [0.4, 0.5) is 0 Å². The normalized spacial score (nSPS) is 9.93. The Labute approximate surface area is 82.9 Å². The molecular weight excluding hydrogens is 178 g/mol. The third-order valence-corrected chi connectivity index (χ3v) is 2.08. The predicted molar refractivity (Wildman–Crippen MR) is 54.3 cm³/mol. The molecule has 0 aliphatic rings. The molecule has 3 heteroatoms. The molecule has 1 aromatic carbocycles. The molecule has 0 aliphatic heterocycles. The second kappa shape index (κ2) is 4.15. The highest BCUT2D eigenvalue weighted by Gasteiger charge is 2.11. The molecule has 3 nitrogen and oxygen atoms in total. The van der Waals surface area contributed by atoms with Crippen LogP contribution < -0.4 is 5.73 Å². The first kappa shape index (κ1) is 10.6. The number of benzene rings is 1. The SMILES string of the molecule is CC(=O)c1ccc(CN)cc1C(C)=O. The minimum atomic E-state index is -0.106. The summed E-state index contributed by atoms with van der Waals surface area (Å²) in [6.07, 6.45) is 0. The van der Waals surface area contributed by atoms with Gasteiger partial charge >= 0.3 is 0 Å². The van der Waals surface area contributed by atoms with Crippen LogP contribution in [0.2, 0.25) is 0 Å². The van der Waals surface area contributed by atoms with E-state index in [0.717, 1.165) is 5.56 Å². The van der Waals surface area contributed by atoms with Gasteiger partial charge in [-0.05, 0) is 25.5 Å². The maximum Gasteiger partial charge on any atom is 0.160 e. The van der Waals surface area contributed by atoms with Gasteiger partial charge in [-0.15, -0.1) is 0 Å². The molecule has 74 valence electrons. The Morgan fingerprint density at radius 2 is 1.71 bits per heavy atom. The number of Topliss-reactive ketones (excluding diaryl/α,β-unsaturated/α-hetero) is 2. The quantitative estimate of drug-likeness (QED) is 0.737. The summed E-state index contributed by atoms with van der Waals surface area (Å²) in [4.78, 5) is 22.4. The van der Waals surface area contributed by atoms with Gasteiger partial charge in [0.2, 0.25) is 0 Å². The molecule has 0 atom stereocenters. The molecule has 0 unspecified atom stereocenters. The van der Waals surface area contributed by atoms with E-state index in [0.29, 0.717) is 17.7 Å². The van der Waals surface area contributed by atoms with Gasteiger partial charge in [0.25, 0.3) is 0 Å². The zero-order valence-corrected chi connectivity index (χ0v) is 8.33. The van der Waals surface area contributed by atoms with E-state index < -0.39 is 0 Å². The zero-order valence-electron chi connectivity index (χ0n) is 8.33. The Morgan fingerprint density at radius 3 is 2.14 bits per heavy atom. The highest BCUT2D eigenvalue weighted by atomic mass is 16.1. The van der Waals surface area contributed by atoms with Gasteiger partial charge in [0.1, 0.15) is 0 Å². The van der Waals surface area contributed by atoms with Gasteiger partial charge in [-0.25, -0.2) is 0 Å². The van der Waals surface area contributed by atoms with E-state index in [1.54, 1.807) is 18.2 Å². The summed E-state index contributed by atoms with van der Waals surface area (Å²) in [5.41, 5.74) is 7.24. The molecule has 0 fully saturated rings. The molecule has 0 bridgehead atoms. The summed E-state index contributed by atoms with van der Waals surface area (Å²) in [5.74, 6) is -0.204. The Kier molecular flexibility index (Phi) is 3.14. The molecule has 2 N–H and O–H groups in total. The number of ketones is 2. The lowest BCUT2D eigenvalue weighted by Crippen LogP contribution is -2.06. The molecule has 0 radical (unpaired) electrons. The first-order valence-electron chi connectivity index (χ1n) is 4.41. The lowest BCUT2D eigenvalue weighted by molar-refractivity contribution is 0.0980. The summed E-state index contributed by atoms with van der Waals surface area (Å²) in [6.45, 7) is 3.27. The first-order chi connectivity index (χ1) is 6.56. The van der Waals surface area contributed by atoms with Crippen LogP contribution in [-0.2, 0) is 6.54 Å². The van der Waals surface area contributed by atoms with Crippen molar-refractivity contribution in [3.63, 3.8) is 0 Å². The van der Waals surface area contributed by atoms with E-state index in [1.807, 2.05) is 0 Å². The van der Waals surface area contributed by atoms with E-state index in [-0.39, 0.29) is 11.6 Å². The van der Waals surface area contributed by atoms with Crippen molar-refractivity contribution in [3.05, 3.63) is 34.9 Å². The average molecular weight is 191 g/mol. The van der Waals surface area contributed by atoms with E-state index in [9.17, 15) is 9.59 Å². The van der Waals surface area contributed by atoms with Crippen molar-refractivity contribution < 1.29 is 9.59 Å². The third kappa shape index (κ3) is 2.06. The maximum atomic E-state index is 11.2. The van der Waals surface area contributed by atoms with Crippen molar-refractivity contribution in [1.29, 1.82) is 0 Å². The number of rotatable bonds is 3. The molecule has 0 aliphatic carbocycles. The van der Waals surface area contributed by atoms with Crippen molar-refractivity contribution in [1.82, 2.24) is 0 Å². The number of nitrogens with two attached hydrogens (primary N) is 1. The molecular formula is C11H13NO2. The van der Waals surface area contributed by atoms with Crippen LogP contribution >= 0.6 is 0 Å². The highest BCUT2D eigenvalue weighted by Crippen LogP contribution is 2.13. The topological polar surface area (TPSA) is 60.2 Å². The van der Waals surface area contributed by atoms with E-state index >= 15 is 0 Å². The van der Waals surface area contributed by atoms with Gasteiger partial charge in [0, 0.05) is 17.7 Å². The van der Waals surface area contributed by atoms with Gasteiger partial charge in [-0.2, -0.15) is 0 Å². The molecule has 0 saturated carbocycles. The standard InChI is InChI=1S/C11H13NO2/c1-7(13)10-4-3-9(6-12)5-11(10)8(2)14/h3-5H,6,12H2,1-2H3. The molecule has 1 aromatic rings. The molecule has 0 saturated heterocycles. The van der Waals surface area contributed by atoms with Crippen LogP contribution in [-0.4, -0.2) is 11.6 Å². The van der Waals surface area contributed by atoms with Crippen LogP contribution in [0.15, 0.2) is 18.2 Å². The number of carbonyl (C=O) groups is 2. The van der Waals surface area contributed by atoms with Crippen LogP contribution in [0.3, 0.4) is 0 Å². The molecule has 0 aromatic heterocycles. The zero-order chi connectivity index (χ0) is 10.7. The maximum absolute atomic E-state index is 11.2. The van der Waals surface area contributed by atoms with Crippen LogP contribution in [0.1, 0.15) is 40.1 Å². The molecule has 0 heterocycles. The lowest BCUT2D eigenvalue weighted by Gasteiger charge is -2.05. The second-order valence-electron chi connectivity index (χ2n) is 3.20. The fraction of sp³-hybridized carbons (Fsp3) is 0.273. The van der Waals surface area contributed by atoms with Gasteiger partial charge in [0.05, 0.1) is 0 Å². The van der Waals surface area contributed by atoms with Gasteiger partial charge in [-0.1, -0.05) is 12.1 Å². The van der Waals surface area contributed by atoms with E-state index in [4.69, 9.17) is 5.73 Å². The van der Waals surface area contributed by atoms with Crippen LogP contribution in [0.25, 0.3) is 0 Å². The van der Waals surface area contributed by atoms with Crippen LogP contribution in [0, 0.1) is 0 Å². The van der Waals surface area contributed by atoms with Crippen molar-refractivity contribution in [2.45, 2.75) is 20.4 Å². The van der Waals surface area contributed by atoms with Crippen molar-refractivity contribution in [3.8, 4) is 0 Å². The van der Waals surface area contributed by atoms with E-state index in [1.165, 1.54) is 13.8 Å². The van der Waals surface area contributed by atoms with Gasteiger partial charge < -0.3 is 5.73 Å². The minimum Gasteiger partial charge on any atom is -0.326 e. The Morgan fingerprint density at radius 1 is 1.14 bits per heavy atom. The minimum absolute atomic E-state index is 0.0984. The Bertz CT molecular complexity index is 383.